The second kappa shape index (κ2) is 4.33. The lowest BCUT2D eigenvalue weighted by Crippen LogP contribution is -2.08. The van der Waals surface area contributed by atoms with Gasteiger partial charge < -0.3 is 0 Å². The summed E-state index contributed by atoms with van der Waals surface area (Å²) < 4.78 is 63.3. The van der Waals surface area contributed by atoms with E-state index in [2.05, 4.69) is 5.18 Å². The number of nitrogens with zero attached hydrogens (tertiary/aromatic N) is 1. The van der Waals surface area contributed by atoms with Crippen LogP contribution in [-0.2, 0) is 6.42 Å². The molecule has 2 nitrogen and oxygen atoms in total. The maximum Gasteiger partial charge on any atom is 0.200 e. The Morgan fingerprint density at radius 3 is 1.60 bits per heavy atom. The van der Waals surface area contributed by atoms with E-state index in [1.165, 1.54) is 0 Å². The van der Waals surface area contributed by atoms with Crippen molar-refractivity contribution in [3.05, 3.63) is 39.6 Å². The van der Waals surface area contributed by atoms with Crippen molar-refractivity contribution in [1.29, 1.82) is 0 Å². The molecule has 15 heavy (non-hydrogen) atoms. The minimum Gasteiger partial charge on any atom is -0.203 e. The Morgan fingerprint density at radius 1 is 0.800 bits per heavy atom. The number of nitroso groups, excluding NO2 is 1. The summed E-state index contributed by atoms with van der Waals surface area (Å²) in [5.41, 5.74) is -1.02. The SMILES string of the molecule is O=NCCc1c(F)c(F)c(F)c(F)c1F. The molecule has 0 fully saturated rings. The van der Waals surface area contributed by atoms with Gasteiger partial charge in [0.15, 0.2) is 23.3 Å². The standard InChI is InChI=1S/C8H4F5NO/c9-4-3(1-2-14-15)5(10)7(12)8(13)6(4)11/h1-2H2. The summed E-state index contributed by atoms with van der Waals surface area (Å²) in [5.74, 6) is -10.1. The first kappa shape index (κ1) is 11.5. The van der Waals surface area contributed by atoms with Crippen LogP contribution in [0.15, 0.2) is 5.18 Å². The van der Waals surface area contributed by atoms with Gasteiger partial charge >= 0.3 is 0 Å². The molecule has 1 aromatic carbocycles. The smallest absolute Gasteiger partial charge is 0.200 e. The third-order valence-corrected chi connectivity index (χ3v) is 1.75. The first-order valence-electron chi connectivity index (χ1n) is 3.80. The predicted molar refractivity (Wildman–Crippen MR) is 40.6 cm³/mol. The molecule has 82 valence electrons. The van der Waals surface area contributed by atoms with Gasteiger partial charge in [0.25, 0.3) is 0 Å². The Kier molecular flexibility index (Phi) is 3.33. The number of halogens is 5. The lowest BCUT2D eigenvalue weighted by Gasteiger charge is -2.05. The Hall–Kier alpha value is -1.53. The third-order valence-electron chi connectivity index (χ3n) is 1.75. The summed E-state index contributed by atoms with van der Waals surface area (Å²) in [6, 6.07) is 0. The van der Waals surface area contributed by atoms with E-state index in [-0.39, 0.29) is 0 Å². The normalized spacial score (nSPS) is 10.5. The van der Waals surface area contributed by atoms with Crippen molar-refractivity contribution in [2.75, 3.05) is 6.54 Å². The molecule has 0 spiro atoms. The molecule has 0 saturated heterocycles. The molecular formula is C8H4F5NO. The molecule has 0 radical (unpaired) electrons. The van der Waals surface area contributed by atoms with E-state index in [0.29, 0.717) is 0 Å². The highest BCUT2D eigenvalue weighted by molar-refractivity contribution is 5.24. The molecule has 7 heteroatoms. The summed E-state index contributed by atoms with van der Waals surface area (Å²) in [5, 5.41) is 2.27. The second-order valence-corrected chi connectivity index (χ2v) is 2.65. The molecule has 0 amide bonds. The molecule has 0 bridgehead atoms. The second-order valence-electron chi connectivity index (χ2n) is 2.65. The topological polar surface area (TPSA) is 29.4 Å². The first-order valence-corrected chi connectivity index (χ1v) is 3.80. The summed E-state index contributed by atoms with van der Waals surface area (Å²) in [6.07, 6.45) is -0.630. The highest BCUT2D eigenvalue weighted by atomic mass is 19.2. The number of hydrogen-bond donors (Lipinski definition) is 0. The lowest BCUT2D eigenvalue weighted by atomic mass is 10.1. The van der Waals surface area contributed by atoms with Gasteiger partial charge in [0.05, 0.1) is 6.54 Å². The van der Waals surface area contributed by atoms with Crippen LogP contribution in [0.25, 0.3) is 0 Å². The molecule has 0 aliphatic rings. The van der Waals surface area contributed by atoms with E-state index in [4.69, 9.17) is 0 Å². The Labute approximate surface area is 80.7 Å². The monoisotopic (exact) mass is 225 g/mol. The minimum atomic E-state index is -2.21. The van der Waals surface area contributed by atoms with E-state index in [1.807, 2.05) is 0 Å². The van der Waals surface area contributed by atoms with Gasteiger partial charge in [-0.25, -0.2) is 22.0 Å². The van der Waals surface area contributed by atoms with Crippen molar-refractivity contribution < 1.29 is 22.0 Å². The fourth-order valence-corrected chi connectivity index (χ4v) is 1.03. The van der Waals surface area contributed by atoms with Gasteiger partial charge in [-0.2, -0.15) is 4.91 Å². The molecule has 0 aromatic heterocycles. The Balaban J connectivity index is 3.31. The van der Waals surface area contributed by atoms with Gasteiger partial charge in [-0.1, -0.05) is 5.18 Å². The van der Waals surface area contributed by atoms with Crippen molar-refractivity contribution in [1.82, 2.24) is 0 Å². The van der Waals surface area contributed by atoms with E-state index in [1.54, 1.807) is 0 Å². The zero-order valence-corrected chi connectivity index (χ0v) is 7.16. The van der Waals surface area contributed by atoms with Crippen molar-refractivity contribution in [2.45, 2.75) is 6.42 Å². The zero-order chi connectivity index (χ0) is 11.6. The molecule has 0 aliphatic carbocycles. The summed E-state index contributed by atoms with van der Waals surface area (Å²) >= 11 is 0. The molecule has 0 saturated carbocycles. The number of benzene rings is 1. The van der Waals surface area contributed by atoms with E-state index < -0.39 is 47.6 Å². The van der Waals surface area contributed by atoms with Gasteiger partial charge in [0.2, 0.25) is 5.82 Å². The van der Waals surface area contributed by atoms with Crippen molar-refractivity contribution in [2.24, 2.45) is 5.18 Å². The van der Waals surface area contributed by atoms with Crippen LogP contribution in [0.1, 0.15) is 5.56 Å². The van der Waals surface area contributed by atoms with Gasteiger partial charge in [0, 0.05) is 12.0 Å². The summed E-state index contributed by atoms with van der Waals surface area (Å²) in [7, 11) is 0. The maximum absolute atomic E-state index is 12.9. The van der Waals surface area contributed by atoms with E-state index >= 15 is 0 Å². The summed E-state index contributed by atoms with van der Waals surface area (Å²) in [6.45, 7) is -0.557. The molecule has 0 N–H and O–H groups in total. The van der Waals surface area contributed by atoms with Crippen LogP contribution in [0.3, 0.4) is 0 Å². The summed E-state index contributed by atoms with van der Waals surface area (Å²) in [4.78, 5) is 9.68. The van der Waals surface area contributed by atoms with Gasteiger partial charge in [-0.3, -0.25) is 0 Å². The van der Waals surface area contributed by atoms with Crippen LogP contribution < -0.4 is 0 Å². The molecular weight excluding hydrogens is 221 g/mol. The van der Waals surface area contributed by atoms with E-state index in [0.717, 1.165) is 0 Å². The highest BCUT2D eigenvalue weighted by Gasteiger charge is 2.25. The molecule has 1 rings (SSSR count). The van der Waals surface area contributed by atoms with Crippen LogP contribution in [0.2, 0.25) is 0 Å². The average molecular weight is 225 g/mol. The maximum atomic E-state index is 12.9. The predicted octanol–water partition coefficient (Wildman–Crippen LogP) is 2.69. The van der Waals surface area contributed by atoms with Gasteiger partial charge in [-0.15, -0.1) is 0 Å². The zero-order valence-electron chi connectivity index (χ0n) is 7.16. The van der Waals surface area contributed by atoms with Crippen molar-refractivity contribution in [3.63, 3.8) is 0 Å². The highest BCUT2D eigenvalue weighted by Crippen LogP contribution is 2.23. The molecule has 0 heterocycles. The first-order chi connectivity index (χ1) is 7.00. The largest absolute Gasteiger partial charge is 0.203 e. The van der Waals surface area contributed by atoms with Crippen LogP contribution in [0.4, 0.5) is 22.0 Å². The Morgan fingerprint density at radius 2 is 1.20 bits per heavy atom. The average Bonchev–Trinajstić information content (AvgIpc) is 2.24. The van der Waals surface area contributed by atoms with Crippen LogP contribution in [0.5, 0.6) is 0 Å². The van der Waals surface area contributed by atoms with Crippen molar-refractivity contribution >= 4 is 0 Å². The quantitative estimate of drug-likeness (QED) is 0.336. The number of hydrogen-bond acceptors (Lipinski definition) is 2. The Bertz CT molecular complexity index is 378. The minimum absolute atomic E-state index is 0.557. The van der Waals surface area contributed by atoms with E-state index in [9.17, 15) is 26.9 Å². The fourth-order valence-electron chi connectivity index (χ4n) is 1.03. The molecule has 0 atom stereocenters. The molecule has 1 aromatic rings. The van der Waals surface area contributed by atoms with Crippen LogP contribution in [0, 0.1) is 34.0 Å². The van der Waals surface area contributed by atoms with Crippen LogP contribution >= 0.6 is 0 Å². The third kappa shape index (κ3) is 1.95. The fraction of sp³-hybridized carbons (Fsp3) is 0.250. The molecule has 0 aliphatic heterocycles. The van der Waals surface area contributed by atoms with Crippen LogP contribution in [-0.4, -0.2) is 6.54 Å². The van der Waals surface area contributed by atoms with Gasteiger partial charge in [0.1, 0.15) is 0 Å². The number of rotatable bonds is 3. The molecule has 0 unspecified atom stereocenters. The van der Waals surface area contributed by atoms with Gasteiger partial charge in [-0.05, 0) is 0 Å². The lowest BCUT2D eigenvalue weighted by molar-refractivity contribution is 0.370. The van der Waals surface area contributed by atoms with Crippen molar-refractivity contribution in [3.8, 4) is 0 Å².